The van der Waals surface area contributed by atoms with E-state index in [2.05, 4.69) is 5.32 Å². The molecule has 2 aromatic heterocycles. The van der Waals surface area contributed by atoms with Crippen molar-refractivity contribution in [2.24, 2.45) is 29.1 Å². The summed E-state index contributed by atoms with van der Waals surface area (Å²) in [6, 6.07) is 12.4. The monoisotopic (exact) mass is 1090 g/mol. The number of esters is 1. The fourth-order valence-corrected chi connectivity index (χ4v) is 12.5. The number of alkyl carbamates (subject to hydrolysis) is 1. The summed E-state index contributed by atoms with van der Waals surface area (Å²) < 4.78 is 59.2. The number of fused-ring (bicyclic) bond motifs is 6. The second kappa shape index (κ2) is 19.9. The number of hydrogen-bond donors (Lipinski definition) is 1. The summed E-state index contributed by atoms with van der Waals surface area (Å²) in [4.78, 5) is 96.3. The predicted molar refractivity (Wildman–Crippen MR) is 289 cm³/mol. The zero-order valence-corrected chi connectivity index (χ0v) is 47.1. The van der Waals surface area contributed by atoms with Gasteiger partial charge in [0, 0.05) is 29.3 Å². The summed E-state index contributed by atoms with van der Waals surface area (Å²) in [6.45, 7) is 18.3. The molecule has 2 saturated heterocycles. The van der Waals surface area contributed by atoms with Gasteiger partial charge in [-0.2, -0.15) is 8.78 Å². The third kappa shape index (κ3) is 10.0. The maximum Gasteiger partial charge on any atom is 0.420 e. The molecule has 2 saturated carbocycles. The highest BCUT2D eigenvalue weighted by atomic mass is 19.3. The molecule has 6 atom stereocenters. The van der Waals surface area contributed by atoms with Crippen LogP contribution in [0.5, 0.6) is 0 Å². The van der Waals surface area contributed by atoms with Gasteiger partial charge in [-0.1, -0.05) is 58.0 Å². The number of amides is 3. The van der Waals surface area contributed by atoms with Crippen molar-refractivity contribution in [1.82, 2.24) is 34.2 Å². The first-order valence-corrected chi connectivity index (χ1v) is 27.4. The summed E-state index contributed by atoms with van der Waals surface area (Å²) in [5, 5.41) is 2.68. The van der Waals surface area contributed by atoms with Crippen LogP contribution in [0.4, 0.5) is 23.2 Å². The van der Waals surface area contributed by atoms with Crippen LogP contribution in [0.3, 0.4) is 0 Å². The maximum atomic E-state index is 17.3. The molecule has 1 spiro atoms. The van der Waals surface area contributed by atoms with E-state index in [4.69, 9.17) is 28.9 Å². The lowest BCUT2D eigenvalue weighted by molar-refractivity contribution is -0.150. The Balaban J connectivity index is 1.01. The minimum atomic E-state index is -3.52. The van der Waals surface area contributed by atoms with Gasteiger partial charge in [-0.05, 0) is 150 Å². The number of likely N-dealkylation sites (tertiary alicyclic amines) is 2. The fraction of sp³-hybridized carbons (Fsp3) is 0.533. The average Bonchev–Trinajstić information content (AvgIpc) is 4.21. The first kappa shape index (κ1) is 55.1. The number of benzene rings is 3. The maximum absolute atomic E-state index is 17.3. The molecule has 17 nitrogen and oxygen atoms in total. The van der Waals surface area contributed by atoms with Crippen LogP contribution in [0.1, 0.15) is 149 Å². The van der Waals surface area contributed by atoms with Crippen molar-refractivity contribution in [3.05, 3.63) is 83.6 Å². The lowest BCUT2D eigenvalue weighted by Crippen LogP contribution is -2.51. The highest BCUT2D eigenvalue weighted by Gasteiger charge is 2.57. The Labute approximate surface area is 458 Å². The Kier molecular flexibility index (Phi) is 13.9. The van der Waals surface area contributed by atoms with Crippen molar-refractivity contribution in [3.63, 3.8) is 0 Å². The van der Waals surface area contributed by atoms with E-state index in [1.54, 1.807) is 88.9 Å². The number of rotatable bonds is 11. The SMILES string of the molecule is COC(=O)CC(C(=O)N1C(c2nc3ccc(-c4ccc5c(c4)C(F)(F)c4cc(-c6cnc(C7CC8(CC8)CN7C(=O)[C@@H](NC(=O)OC)C(C)C)n6C(=O)OC(C)(C)C)ccc4-5)cc3n2C(=O)OC(C)(C)C)[C@H]2CC[C@@H]1C2)C(C)C. The highest BCUT2D eigenvalue weighted by Crippen LogP contribution is 2.59. The number of methoxy groups -OCH3 is 2. The molecule has 3 aliphatic carbocycles. The van der Waals surface area contributed by atoms with Crippen LogP contribution in [0.15, 0.2) is 60.8 Å². The number of ether oxygens (including phenoxy) is 4. The molecule has 2 aliphatic heterocycles. The van der Waals surface area contributed by atoms with Gasteiger partial charge < -0.3 is 34.1 Å². The smallest absolute Gasteiger partial charge is 0.420 e. The molecule has 10 rings (SSSR count). The van der Waals surface area contributed by atoms with Gasteiger partial charge in [-0.25, -0.2) is 33.5 Å². The van der Waals surface area contributed by atoms with E-state index in [9.17, 15) is 28.8 Å². The summed E-state index contributed by atoms with van der Waals surface area (Å²) in [6.07, 6.45) is 3.65. The highest BCUT2D eigenvalue weighted by molar-refractivity contribution is 5.93. The fourth-order valence-electron chi connectivity index (χ4n) is 12.5. The number of alkyl halides is 2. The van der Waals surface area contributed by atoms with E-state index in [-0.39, 0.29) is 75.7 Å². The number of hydrogen-bond acceptors (Lipinski definition) is 12. The van der Waals surface area contributed by atoms with Crippen molar-refractivity contribution in [2.75, 3.05) is 20.8 Å². The number of piperidine rings is 1. The third-order valence-electron chi connectivity index (χ3n) is 16.5. The van der Waals surface area contributed by atoms with Crippen molar-refractivity contribution in [2.45, 2.75) is 155 Å². The quantitative estimate of drug-likeness (QED) is 0.0973. The van der Waals surface area contributed by atoms with Crippen molar-refractivity contribution >= 4 is 47.1 Å². The van der Waals surface area contributed by atoms with Crippen LogP contribution in [-0.4, -0.2) is 109 Å². The molecule has 4 fully saturated rings. The van der Waals surface area contributed by atoms with Crippen LogP contribution in [0, 0.1) is 29.1 Å². The third-order valence-corrected chi connectivity index (χ3v) is 16.5. The molecule has 0 radical (unpaired) electrons. The minimum Gasteiger partial charge on any atom is -0.469 e. The Morgan fingerprint density at radius 3 is 1.95 bits per heavy atom. The van der Waals surface area contributed by atoms with Crippen molar-refractivity contribution in [1.29, 1.82) is 0 Å². The molecule has 420 valence electrons. The lowest BCUT2D eigenvalue weighted by Gasteiger charge is -2.38. The average molecular weight is 1090 g/mol. The molecule has 19 heteroatoms. The zero-order valence-electron chi connectivity index (χ0n) is 47.1. The molecule has 2 bridgehead atoms. The molecular formula is C60H71F2N7O10. The Hall–Kier alpha value is -7.18. The largest absolute Gasteiger partial charge is 0.469 e. The topological polar surface area (TPSA) is 193 Å². The molecule has 3 unspecified atom stereocenters. The summed E-state index contributed by atoms with van der Waals surface area (Å²) in [5.74, 6) is -5.16. The lowest BCUT2D eigenvalue weighted by atomic mass is 9.89. The first-order valence-electron chi connectivity index (χ1n) is 27.4. The standard InChI is InChI=1S/C60H71F2N7O10/c1-31(2)40(27-47(70)76-11)52(71)67-37-17-13-36(23-37)49(67)51-64-43-20-16-34(26-44(43)68(51)55(74)78-57(5,6)7)33-14-18-38-39-19-15-35(25-42(39)60(61,62)41(38)24-33)46-29-63-50(69(46)56(75)79-58(8,9)10)45-28-59(21-22-59)30-66(45)53(72)48(32(3)4)65-54(73)77-12/h14-16,18-20,24-26,29,31-32,36-37,40,45,48-49H,13,17,21-23,27-28,30H2,1-12H3,(H,65,73)/t36-,37+,40?,45?,48-,49?/m0/s1. The molecule has 4 heterocycles. The molecule has 3 amide bonds. The predicted octanol–water partition coefficient (Wildman–Crippen LogP) is 11.6. The Bertz CT molecular complexity index is 3310. The summed E-state index contributed by atoms with van der Waals surface area (Å²) in [5.41, 5.74) is 0.321. The Morgan fingerprint density at radius 2 is 1.35 bits per heavy atom. The van der Waals surface area contributed by atoms with E-state index in [0.717, 1.165) is 25.7 Å². The van der Waals surface area contributed by atoms with Gasteiger partial charge in [-0.3, -0.25) is 14.4 Å². The van der Waals surface area contributed by atoms with Crippen LogP contribution < -0.4 is 5.32 Å². The van der Waals surface area contributed by atoms with E-state index >= 15 is 8.78 Å². The molecule has 5 aromatic rings. The second-order valence-electron chi connectivity index (χ2n) is 25.0. The van der Waals surface area contributed by atoms with Crippen molar-refractivity contribution in [3.8, 4) is 33.5 Å². The van der Waals surface area contributed by atoms with Crippen LogP contribution in [0.2, 0.25) is 0 Å². The van der Waals surface area contributed by atoms with Crippen LogP contribution in [0.25, 0.3) is 44.5 Å². The van der Waals surface area contributed by atoms with Crippen LogP contribution in [-0.2, 0) is 39.3 Å². The second-order valence-corrected chi connectivity index (χ2v) is 25.0. The number of nitrogens with zero attached hydrogens (tertiary/aromatic N) is 6. The zero-order chi connectivity index (χ0) is 57.0. The normalized spacial score (nSPS) is 21.3. The number of imidazole rings is 2. The molecule has 3 aromatic carbocycles. The van der Waals surface area contributed by atoms with Gasteiger partial charge in [-0.15, -0.1) is 0 Å². The number of halogens is 2. The molecule has 79 heavy (non-hydrogen) atoms. The van der Waals surface area contributed by atoms with E-state index < -0.39 is 65.4 Å². The van der Waals surface area contributed by atoms with Gasteiger partial charge in [0.25, 0.3) is 5.92 Å². The molecular weight excluding hydrogens is 1020 g/mol. The first-order chi connectivity index (χ1) is 37.1. The minimum absolute atomic E-state index is 0.0117. The number of aromatic nitrogens is 4. The molecule has 1 N–H and O–H groups in total. The van der Waals surface area contributed by atoms with Crippen molar-refractivity contribution < 1.29 is 56.5 Å². The summed E-state index contributed by atoms with van der Waals surface area (Å²) in [7, 11) is 2.52. The van der Waals surface area contributed by atoms with Gasteiger partial charge in [0.2, 0.25) is 11.8 Å². The van der Waals surface area contributed by atoms with Gasteiger partial charge in [0.15, 0.2) is 0 Å². The molecule has 5 aliphatic rings. The van der Waals surface area contributed by atoms with E-state index in [1.807, 2.05) is 32.6 Å². The number of nitrogens with one attached hydrogen (secondary N) is 1. The van der Waals surface area contributed by atoms with Crippen LogP contribution >= 0.6 is 0 Å². The van der Waals surface area contributed by atoms with Gasteiger partial charge in [0.05, 0.1) is 61.6 Å². The number of carbonyl (C=O) groups excluding carboxylic acids is 6. The van der Waals surface area contributed by atoms with E-state index in [1.165, 1.54) is 41.7 Å². The van der Waals surface area contributed by atoms with Gasteiger partial charge in [0.1, 0.15) is 28.9 Å². The van der Waals surface area contributed by atoms with Gasteiger partial charge >= 0.3 is 24.2 Å². The number of carbonyl (C=O) groups is 6. The van der Waals surface area contributed by atoms with E-state index in [0.29, 0.717) is 58.5 Å². The summed E-state index contributed by atoms with van der Waals surface area (Å²) >= 11 is 0. The Morgan fingerprint density at radius 1 is 0.747 bits per heavy atom.